The van der Waals surface area contributed by atoms with Crippen LogP contribution in [0.4, 0.5) is 4.39 Å². The van der Waals surface area contributed by atoms with Gasteiger partial charge in [-0.3, -0.25) is 4.79 Å². The highest BCUT2D eigenvalue weighted by Gasteiger charge is 2.19. The highest BCUT2D eigenvalue weighted by Crippen LogP contribution is 2.25. The first-order valence-corrected chi connectivity index (χ1v) is 8.28. The number of carbonyl (C=O) groups excluding carboxylic acids is 1. The minimum absolute atomic E-state index is 0.0158. The van der Waals surface area contributed by atoms with Crippen LogP contribution in [0.25, 0.3) is 0 Å². The van der Waals surface area contributed by atoms with Crippen molar-refractivity contribution in [2.75, 3.05) is 0 Å². The molecule has 3 aromatic carbocycles. The Kier molecular flexibility index (Phi) is 5.24. The second-order valence-electron chi connectivity index (χ2n) is 6.04. The zero-order chi connectivity index (χ0) is 17.6. The first-order valence-electron chi connectivity index (χ1n) is 8.28. The summed E-state index contributed by atoms with van der Waals surface area (Å²) in [5, 5.41) is 3.06. The van der Waals surface area contributed by atoms with Crippen molar-refractivity contribution in [2.24, 2.45) is 0 Å². The fourth-order valence-electron chi connectivity index (χ4n) is 2.92. The Balaban J connectivity index is 1.87. The standard InChI is InChI=1S/C22H20FNO/c1-16-9-5-7-13-19(16)22(17-10-3-2-4-11-17)24-21(25)15-18-12-6-8-14-20(18)23/h2-14,22H,15H2,1H3,(H,24,25)/t22-/m0/s1. The molecule has 0 aliphatic rings. The molecule has 0 aliphatic carbocycles. The average Bonchev–Trinajstić information content (AvgIpc) is 2.63. The largest absolute Gasteiger partial charge is 0.345 e. The molecule has 0 aliphatic heterocycles. The van der Waals surface area contributed by atoms with E-state index in [9.17, 15) is 9.18 Å². The summed E-state index contributed by atoms with van der Waals surface area (Å²) in [5.74, 6) is -0.563. The van der Waals surface area contributed by atoms with E-state index in [2.05, 4.69) is 5.32 Å². The van der Waals surface area contributed by atoms with Crippen LogP contribution in [-0.4, -0.2) is 5.91 Å². The summed E-state index contributed by atoms with van der Waals surface area (Å²) in [6, 6.07) is 23.9. The molecule has 0 unspecified atom stereocenters. The maximum absolute atomic E-state index is 13.8. The van der Waals surface area contributed by atoms with E-state index in [-0.39, 0.29) is 24.2 Å². The van der Waals surface area contributed by atoms with Crippen molar-refractivity contribution in [1.82, 2.24) is 5.32 Å². The number of rotatable bonds is 5. The lowest BCUT2D eigenvalue weighted by Crippen LogP contribution is -2.31. The topological polar surface area (TPSA) is 29.1 Å². The molecule has 1 amide bonds. The van der Waals surface area contributed by atoms with Gasteiger partial charge in [0.05, 0.1) is 12.5 Å². The second-order valence-corrected chi connectivity index (χ2v) is 6.04. The number of amides is 1. The van der Waals surface area contributed by atoms with Gasteiger partial charge in [-0.05, 0) is 35.2 Å². The van der Waals surface area contributed by atoms with Gasteiger partial charge in [-0.2, -0.15) is 0 Å². The normalized spacial score (nSPS) is 11.8. The molecule has 25 heavy (non-hydrogen) atoms. The Morgan fingerprint density at radius 1 is 0.920 bits per heavy atom. The van der Waals surface area contributed by atoms with E-state index in [0.717, 1.165) is 16.7 Å². The molecule has 0 heterocycles. The zero-order valence-electron chi connectivity index (χ0n) is 14.1. The third kappa shape index (κ3) is 4.13. The molecule has 0 saturated heterocycles. The fourth-order valence-corrected chi connectivity index (χ4v) is 2.92. The zero-order valence-corrected chi connectivity index (χ0v) is 14.1. The van der Waals surface area contributed by atoms with Gasteiger partial charge in [0.1, 0.15) is 5.82 Å². The van der Waals surface area contributed by atoms with Gasteiger partial charge < -0.3 is 5.32 Å². The molecule has 0 aromatic heterocycles. The highest BCUT2D eigenvalue weighted by molar-refractivity contribution is 5.79. The molecular formula is C22H20FNO. The molecule has 1 atom stereocenters. The minimum atomic E-state index is -0.357. The number of carbonyl (C=O) groups is 1. The van der Waals surface area contributed by atoms with Crippen molar-refractivity contribution in [3.8, 4) is 0 Å². The molecule has 3 rings (SSSR count). The second kappa shape index (κ2) is 7.75. The average molecular weight is 333 g/mol. The Hall–Kier alpha value is -2.94. The van der Waals surface area contributed by atoms with Crippen LogP contribution >= 0.6 is 0 Å². The minimum Gasteiger partial charge on any atom is -0.345 e. The molecule has 3 heteroatoms. The quantitative estimate of drug-likeness (QED) is 0.727. The van der Waals surface area contributed by atoms with Crippen molar-refractivity contribution < 1.29 is 9.18 Å². The molecule has 126 valence electrons. The van der Waals surface area contributed by atoms with Gasteiger partial charge in [-0.15, -0.1) is 0 Å². The van der Waals surface area contributed by atoms with E-state index in [1.807, 2.05) is 61.5 Å². The van der Waals surface area contributed by atoms with Crippen LogP contribution in [-0.2, 0) is 11.2 Å². The van der Waals surface area contributed by atoms with Crippen LogP contribution < -0.4 is 5.32 Å². The Morgan fingerprint density at radius 2 is 1.56 bits per heavy atom. The number of hydrogen-bond donors (Lipinski definition) is 1. The monoisotopic (exact) mass is 333 g/mol. The Labute approximate surface area is 147 Å². The first kappa shape index (κ1) is 16.9. The SMILES string of the molecule is Cc1ccccc1[C@@H](NC(=O)Cc1ccccc1F)c1ccccc1. The Bertz CT molecular complexity index is 861. The molecule has 3 aromatic rings. The van der Waals surface area contributed by atoms with Crippen molar-refractivity contribution in [1.29, 1.82) is 0 Å². The van der Waals surface area contributed by atoms with Gasteiger partial charge in [-0.1, -0.05) is 72.8 Å². The molecule has 0 saturated carbocycles. The fraction of sp³-hybridized carbons (Fsp3) is 0.136. The van der Waals surface area contributed by atoms with Crippen LogP contribution in [0.15, 0.2) is 78.9 Å². The summed E-state index contributed by atoms with van der Waals surface area (Å²) in [4.78, 5) is 12.6. The summed E-state index contributed by atoms with van der Waals surface area (Å²) in [7, 11) is 0. The van der Waals surface area contributed by atoms with E-state index in [4.69, 9.17) is 0 Å². The third-order valence-corrected chi connectivity index (χ3v) is 4.25. The number of hydrogen-bond acceptors (Lipinski definition) is 1. The molecule has 0 fully saturated rings. The third-order valence-electron chi connectivity index (χ3n) is 4.25. The maximum Gasteiger partial charge on any atom is 0.225 e. The molecule has 0 spiro atoms. The highest BCUT2D eigenvalue weighted by atomic mass is 19.1. The predicted molar refractivity (Wildman–Crippen MR) is 97.7 cm³/mol. The summed E-state index contributed by atoms with van der Waals surface area (Å²) in [6.45, 7) is 2.02. The predicted octanol–water partition coefficient (Wildman–Crippen LogP) is 4.58. The molecule has 1 N–H and O–H groups in total. The van der Waals surface area contributed by atoms with Crippen molar-refractivity contribution in [3.05, 3.63) is 107 Å². The summed E-state index contributed by atoms with van der Waals surface area (Å²) < 4.78 is 13.8. The van der Waals surface area contributed by atoms with E-state index >= 15 is 0 Å². The summed E-state index contributed by atoms with van der Waals surface area (Å²) >= 11 is 0. The van der Waals surface area contributed by atoms with E-state index in [1.165, 1.54) is 6.07 Å². The number of aryl methyl sites for hydroxylation is 1. The lowest BCUT2D eigenvalue weighted by Gasteiger charge is -2.22. The summed E-state index contributed by atoms with van der Waals surface area (Å²) in [5.41, 5.74) is 3.54. The molecule has 0 bridgehead atoms. The van der Waals surface area contributed by atoms with Gasteiger partial charge in [0.2, 0.25) is 5.91 Å². The van der Waals surface area contributed by atoms with Crippen LogP contribution in [0.3, 0.4) is 0 Å². The molecular weight excluding hydrogens is 313 g/mol. The van der Waals surface area contributed by atoms with Crippen LogP contribution in [0.2, 0.25) is 0 Å². The van der Waals surface area contributed by atoms with Gasteiger partial charge in [0.25, 0.3) is 0 Å². The van der Waals surface area contributed by atoms with Crippen molar-refractivity contribution in [2.45, 2.75) is 19.4 Å². The number of benzene rings is 3. The van der Waals surface area contributed by atoms with E-state index in [1.54, 1.807) is 18.2 Å². The lowest BCUT2D eigenvalue weighted by molar-refractivity contribution is -0.121. The van der Waals surface area contributed by atoms with Crippen molar-refractivity contribution >= 4 is 5.91 Å². The number of nitrogens with one attached hydrogen (secondary N) is 1. The number of halogens is 1. The smallest absolute Gasteiger partial charge is 0.225 e. The van der Waals surface area contributed by atoms with E-state index in [0.29, 0.717) is 5.56 Å². The van der Waals surface area contributed by atoms with Crippen LogP contribution in [0, 0.1) is 12.7 Å². The van der Waals surface area contributed by atoms with Gasteiger partial charge in [0, 0.05) is 0 Å². The van der Waals surface area contributed by atoms with Gasteiger partial charge >= 0.3 is 0 Å². The van der Waals surface area contributed by atoms with Crippen LogP contribution in [0.5, 0.6) is 0 Å². The first-order chi connectivity index (χ1) is 12.1. The van der Waals surface area contributed by atoms with E-state index < -0.39 is 0 Å². The summed E-state index contributed by atoms with van der Waals surface area (Å²) in [6.07, 6.45) is 0.0158. The van der Waals surface area contributed by atoms with Crippen LogP contribution in [0.1, 0.15) is 28.3 Å². The lowest BCUT2D eigenvalue weighted by atomic mass is 9.94. The Morgan fingerprint density at radius 3 is 2.28 bits per heavy atom. The van der Waals surface area contributed by atoms with Gasteiger partial charge in [-0.25, -0.2) is 4.39 Å². The molecule has 2 nitrogen and oxygen atoms in total. The maximum atomic E-state index is 13.8. The van der Waals surface area contributed by atoms with Gasteiger partial charge in [0.15, 0.2) is 0 Å². The molecule has 0 radical (unpaired) electrons. The van der Waals surface area contributed by atoms with Crippen molar-refractivity contribution in [3.63, 3.8) is 0 Å².